The van der Waals surface area contributed by atoms with Crippen LogP contribution in [-0.2, 0) is 6.54 Å². The van der Waals surface area contributed by atoms with Crippen molar-refractivity contribution in [2.45, 2.75) is 46.1 Å². The molecule has 3 heteroatoms. The number of aryl methyl sites for hydroxylation is 2. The average Bonchev–Trinajstić information content (AvgIpc) is 2.78. The number of imidazole rings is 1. The molecule has 1 aliphatic heterocycles. The van der Waals surface area contributed by atoms with Crippen molar-refractivity contribution in [2.75, 3.05) is 0 Å². The Kier molecular flexibility index (Phi) is 3.20. The summed E-state index contributed by atoms with van der Waals surface area (Å²) in [5.41, 5.74) is 5.07. The van der Waals surface area contributed by atoms with Gasteiger partial charge in [0, 0.05) is 18.0 Å². The smallest absolute Gasteiger partial charge is 0.168 e. The molecule has 3 rings (SSSR count). The number of hydrogen-bond donors (Lipinski definition) is 0. The van der Waals surface area contributed by atoms with E-state index in [2.05, 4.69) is 43.5 Å². The number of hydrogen-bond acceptors (Lipinski definition) is 2. The predicted molar refractivity (Wildman–Crippen MR) is 80.2 cm³/mol. The molecule has 1 aromatic carbocycles. The van der Waals surface area contributed by atoms with Crippen LogP contribution in [0.5, 0.6) is 0 Å². The van der Waals surface area contributed by atoms with E-state index in [-0.39, 0.29) is 0 Å². The Morgan fingerprint density at radius 2 is 2.15 bits per heavy atom. The Morgan fingerprint density at radius 1 is 1.35 bits per heavy atom. The normalized spacial score (nSPS) is 17.9. The maximum Gasteiger partial charge on any atom is 0.168 e. The lowest BCUT2D eigenvalue weighted by atomic mass is 10.0. The average molecular weight is 268 g/mol. The fourth-order valence-electron chi connectivity index (χ4n) is 3.18. The van der Waals surface area contributed by atoms with E-state index in [0.29, 0.717) is 5.92 Å². The summed E-state index contributed by atoms with van der Waals surface area (Å²) >= 11 is 0. The summed E-state index contributed by atoms with van der Waals surface area (Å²) in [4.78, 5) is 16.4. The van der Waals surface area contributed by atoms with E-state index >= 15 is 0 Å². The van der Waals surface area contributed by atoms with Crippen molar-refractivity contribution in [1.82, 2.24) is 9.55 Å². The summed E-state index contributed by atoms with van der Waals surface area (Å²) < 4.78 is 2.11. The largest absolute Gasteiger partial charge is 0.325 e. The summed E-state index contributed by atoms with van der Waals surface area (Å²) in [6.07, 6.45) is 3.24. The number of fused-ring (bicyclic) bond motifs is 1. The van der Waals surface area contributed by atoms with Crippen LogP contribution in [-0.4, -0.2) is 15.8 Å². The van der Waals surface area contributed by atoms with E-state index in [0.717, 1.165) is 48.4 Å². The molecule has 0 saturated heterocycles. The Morgan fingerprint density at radius 3 is 2.85 bits per heavy atom. The Hall–Kier alpha value is -1.90. The highest BCUT2D eigenvalue weighted by atomic mass is 16.1. The molecule has 1 atom stereocenters. The van der Waals surface area contributed by atoms with E-state index in [1.807, 2.05) is 0 Å². The van der Waals surface area contributed by atoms with Crippen molar-refractivity contribution in [3.05, 3.63) is 40.8 Å². The molecule has 3 nitrogen and oxygen atoms in total. The highest BCUT2D eigenvalue weighted by Crippen LogP contribution is 2.33. The number of aromatic nitrogens is 2. The summed E-state index contributed by atoms with van der Waals surface area (Å²) in [6, 6.07) is 6.31. The van der Waals surface area contributed by atoms with Gasteiger partial charge in [0.25, 0.3) is 0 Å². The molecule has 0 saturated carbocycles. The van der Waals surface area contributed by atoms with Crippen molar-refractivity contribution in [2.24, 2.45) is 0 Å². The van der Waals surface area contributed by atoms with Gasteiger partial charge < -0.3 is 4.57 Å². The third kappa shape index (κ3) is 1.98. The highest BCUT2D eigenvalue weighted by molar-refractivity contribution is 5.85. The van der Waals surface area contributed by atoms with E-state index in [9.17, 15) is 4.79 Å². The second kappa shape index (κ2) is 4.89. The van der Waals surface area contributed by atoms with Crippen molar-refractivity contribution < 1.29 is 4.79 Å². The molecule has 0 bridgehead atoms. The molecule has 1 aromatic heterocycles. The second-order valence-corrected chi connectivity index (χ2v) is 5.83. The second-order valence-electron chi connectivity index (χ2n) is 5.83. The first-order valence-corrected chi connectivity index (χ1v) is 7.25. The Balaban J connectivity index is 2.21. The molecular weight excluding hydrogens is 248 g/mol. The van der Waals surface area contributed by atoms with Gasteiger partial charge in [-0.05, 0) is 32.3 Å². The van der Waals surface area contributed by atoms with Gasteiger partial charge in [0.2, 0.25) is 0 Å². The molecule has 2 heterocycles. The third-order valence-electron chi connectivity index (χ3n) is 4.24. The summed E-state index contributed by atoms with van der Waals surface area (Å²) in [5.74, 6) is 1.50. The molecular formula is C17H20N2O. The van der Waals surface area contributed by atoms with Crippen molar-refractivity contribution in [1.29, 1.82) is 0 Å². The molecule has 1 aliphatic rings. The minimum Gasteiger partial charge on any atom is -0.325 e. The zero-order chi connectivity index (χ0) is 14.3. The minimum absolute atomic E-state index is 0.432. The van der Waals surface area contributed by atoms with Gasteiger partial charge in [-0.2, -0.15) is 0 Å². The van der Waals surface area contributed by atoms with Crippen LogP contribution >= 0.6 is 0 Å². The van der Waals surface area contributed by atoms with E-state index < -0.39 is 0 Å². The molecule has 2 aromatic rings. The maximum atomic E-state index is 11.6. The lowest BCUT2D eigenvalue weighted by Gasteiger charge is -2.20. The fraction of sp³-hybridized carbons (Fsp3) is 0.412. The lowest BCUT2D eigenvalue weighted by Crippen LogP contribution is -2.15. The first-order valence-electron chi connectivity index (χ1n) is 7.25. The number of carbonyl (C=O) groups excluding carboxylic acids is 1. The van der Waals surface area contributed by atoms with Crippen LogP contribution in [0, 0.1) is 13.8 Å². The molecule has 0 aliphatic carbocycles. The molecule has 1 unspecified atom stereocenters. The summed E-state index contributed by atoms with van der Waals surface area (Å²) in [6.45, 7) is 7.26. The molecule has 104 valence electrons. The number of nitrogens with zero attached hydrogens (tertiary/aromatic N) is 2. The Bertz CT molecular complexity index is 670. The van der Waals surface area contributed by atoms with Gasteiger partial charge in [-0.3, -0.25) is 4.79 Å². The number of rotatable bonds is 2. The van der Waals surface area contributed by atoms with E-state index in [1.165, 1.54) is 11.1 Å². The Labute approximate surface area is 119 Å². The van der Waals surface area contributed by atoms with Gasteiger partial charge in [0.05, 0.1) is 5.69 Å². The van der Waals surface area contributed by atoms with E-state index in [1.54, 1.807) is 0 Å². The SMILES string of the molecule is Cc1ccc(-c2nc3n(c2C=O)CCCC3C)c(C)c1. The zero-order valence-corrected chi connectivity index (χ0v) is 12.3. The van der Waals surface area contributed by atoms with Gasteiger partial charge in [-0.1, -0.05) is 30.7 Å². The first-order chi connectivity index (χ1) is 9.61. The van der Waals surface area contributed by atoms with Crippen LogP contribution in [0.15, 0.2) is 18.2 Å². The molecule has 20 heavy (non-hydrogen) atoms. The van der Waals surface area contributed by atoms with Crippen LogP contribution in [0.2, 0.25) is 0 Å². The van der Waals surface area contributed by atoms with Gasteiger partial charge in [0.15, 0.2) is 6.29 Å². The van der Waals surface area contributed by atoms with Gasteiger partial charge in [-0.25, -0.2) is 4.98 Å². The number of benzene rings is 1. The van der Waals surface area contributed by atoms with Crippen LogP contribution < -0.4 is 0 Å². The fourth-order valence-corrected chi connectivity index (χ4v) is 3.18. The van der Waals surface area contributed by atoms with Crippen LogP contribution in [0.3, 0.4) is 0 Å². The third-order valence-corrected chi connectivity index (χ3v) is 4.24. The topological polar surface area (TPSA) is 34.9 Å². The van der Waals surface area contributed by atoms with Gasteiger partial charge in [0.1, 0.15) is 11.5 Å². The first kappa shape index (κ1) is 13.1. The van der Waals surface area contributed by atoms with Crippen LogP contribution in [0.4, 0.5) is 0 Å². The van der Waals surface area contributed by atoms with Gasteiger partial charge in [-0.15, -0.1) is 0 Å². The van der Waals surface area contributed by atoms with Crippen LogP contribution in [0.25, 0.3) is 11.3 Å². The quantitative estimate of drug-likeness (QED) is 0.775. The molecule has 0 fully saturated rings. The maximum absolute atomic E-state index is 11.6. The van der Waals surface area contributed by atoms with Crippen molar-refractivity contribution >= 4 is 6.29 Å². The molecule has 0 amide bonds. The molecule has 0 N–H and O–H groups in total. The van der Waals surface area contributed by atoms with Crippen molar-refractivity contribution in [3.63, 3.8) is 0 Å². The van der Waals surface area contributed by atoms with Crippen molar-refractivity contribution in [3.8, 4) is 11.3 Å². The summed E-state index contributed by atoms with van der Waals surface area (Å²) in [5, 5.41) is 0. The predicted octanol–water partition coefficient (Wildman–Crippen LogP) is 3.88. The van der Waals surface area contributed by atoms with E-state index in [4.69, 9.17) is 4.98 Å². The highest BCUT2D eigenvalue weighted by Gasteiger charge is 2.25. The van der Waals surface area contributed by atoms with Gasteiger partial charge >= 0.3 is 0 Å². The number of aldehydes is 1. The number of carbonyl (C=O) groups is 1. The standard InChI is InChI=1S/C17H20N2O/c1-11-6-7-14(13(3)9-11)16-15(10-20)19-8-4-5-12(2)17(19)18-16/h6-7,9-10,12H,4-5,8H2,1-3H3. The minimum atomic E-state index is 0.432. The molecule has 0 radical (unpaired) electrons. The lowest BCUT2D eigenvalue weighted by molar-refractivity contribution is 0.111. The zero-order valence-electron chi connectivity index (χ0n) is 12.3. The van der Waals surface area contributed by atoms with Crippen LogP contribution in [0.1, 0.15) is 53.1 Å². The summed E-state index contributed by atoms with van der Waals surface area (Å²) in [7, 11) is 0. The molecule has 0 spiro atoms. The monoisotopic (exact) mass is 268 g/mol.